The molecule has 0 saturated heterocycles. The summed E-state index contributed by atoms with van der Waals surface area (Å²) in [5.41, 5.74) is 3.73. The minimum atomic E-state index is -0.511. The van der Waals surface area contributed by atoms with E-state index in [1.54, 1.807) is 6.92 Å². The zero-order chi connectivity index (χ0) is 20.3. The van der Waals surface area contributed by atoms with Crippen molar-refractivity contribution in [3.8, 4) is 0 Å². The molecule has 3 N–H and O–H groups in total. The van der Waals surface area contributed by atoms with E-state index in [2.05, 4.69) is 36.4 Å². The molecule has 0 bridgehead atoms. The Morgan fingerprint density at radius 3 is 2.46 bits per heavy atom. The van der Waals surface area contributed by atoms with Gasteiger partial charge in [-0.2, -0.15) is 0 Å². The SMILES string of the molecule is CC(O)CNc1nc2ccccc2n1CC(=O)Nc1ccc(C(C)(C)C)cc1. The highest BCUT2D eigenvalue weighted by Gasteiger charge is 2.15. The predicted octanol–water partition coefficient (Wildman–Crippen LogP) is 3.77. The first-order chi connectivity index (χ1) is 13.2. The molecule has 0 aliphatic carbocycles. The van der Waals surface area contributed by atoms with Crippen molar-refractivity contribution in [1.29, 1.82) is 0 Å². The number of amides is 1. The Morgan fingerprint density at radius 1 is 1.14 bits per heavy atom. The lowest BCUT2D eigenvalue weighted by Crippen LogP contribution is -2.22. The van der Waals surface area contributed by atoms with Crippen LogP contribution < -0.4 is 10.6 Å². The van der Waals surface area contributed by atoms with E-state index < -0.39 is 6.10 Å². The number of para-hydroxylation sites is 2. The summed E-state index contributed by atoms with van der Waals surface area (Å²) < 4.78 is 1.83. The maximum Gasteiger partial charge on any atom is 0.244 e. The number of nitrogens with one attached hydrogen (secondary N) is 2. The van der Waals surface area contributed by atoms with Crippen LogP contribution in [0.3, 0.4) is 0 Å². The Morgan fingerprint density at radius 2 is 1.82 bits per heavy atom. The monoisotopic (exact) mass is 380 g/mol. The Kier molecular flexibility index (Phi) is 5.70. The van der Waals surface area contributed by atoms with Gasteiger partial charge in [-0.1, -0.05) is 45.0 Å². The van der Waals surface area contributed by atoms with Crippen LogP contribution in [0, 0.1) is 0 Å². The van der Waals surface area contributed by atoms with Crippen LogP contribution in [0.5, 0.6) is 0 Å². The molecule has 0 aliphatic heterocycles. The van der Waals surface area contributed by atoms with Crippen LogP contribution in [0.1, 0.15) is 33.3 Å². The van der Waals surface area contributed by atoms with Gasteiger partial charge in [0.25, 0.3) is 0 Å². The molecule has 1 atom stereocenters. The van der Waals surface area contributed by atoms with Crippen LogP contribution in [0.2, 0.25) is 0 Å². The minimum Gasteiger partial charge on any atom is -0.392 e. The number of hydrogen-bond acceptors (Lipinski definition) is 4. The van der Waals surface area contributed by atoms with Crippen LogP contribution in [-0.2, 0) is 16.8 Å². The lowest BCUT2D eigenvalue weighted by atomic mass is 9.87. The molecule has 1 heterocycles. The van der Waals surface area contributed by atoms with E-state index in [0.717, 1.165) is 16.7 Å². The van der Waals surface area contributed by atoms with Crippen molar-refractivity contribution in [3.63, 3.8) is 0 Å². The van der Waals surface area contributed by atoms with E-state index in [4.69, 9.17) is 0 Å². The number of nitrogens with zero attached hydrogens (tertiary/aromatic N) is 2. The van der Waals surface area contributed by atoms with Crippen molar-refractivity contribution >= 4 is 28.6 Å². The van der Waals surface area contributed by atoms with Gasteiger partial charge in [0.2, 0.25) is 11.9 Å². The van der Waals surface area contributed by atoms with Gasteiger partial charge in [-0.05, 0) is 42.2 Å². The maximum absolute atomic E-state index is 12.7. The molecule has 1 aromatic heterocycles. The molecule has 0 fully saturated rings. The lowest BCUT2D eigenvalue weighted by molar-refractivity contribution is -0.116. The average Bonchev–Trinajstić information content (AvgIpc) is 2.97. The zero-order valence-corrected chi connectivity index (χ0v) is 16.9. The molecule has 6 heteroatoms. The van der Waals surface area contributed by atoms with Gasteiger partial charge in [-0.3, -0.25) is 4.79 Å². The van der Waals surface area contributed by atoms with E-state index in [9.17, 15) is 9.90 Å². The molecule has 2 aromatic carbocycles. The fraction of sp³-hybridized carbons (Fsp3) is 0.364. The molecule has 0 saturated carbocycles. The molecule has 0 aliphatic rings. The fourth-order valence-electron chi connectivity index (χ4n) is 3.01. The van der Waals surface area contributed by atoms with Gasteiger partial charge in [0, 0.05) is 12.2 Å². The second-order valence-corrected chi connectivity index (χ2v) is 8.12. The number of imidazole rings is 1. The number of carbonyl (C=O) groups excluding carboxylic acids is 1. The maximum atomic E-state index is 12.7. The molecule has 0 spiro atoms. The summed E-state index contributed by atoms with van der Waals surface area (Å²) in [5, 5.41) is 15.6. The van der Waals surface area contributed by atoms with E-state index in [0.29, 0.717) is 12.5 Å². The summed E-state index contributed by atoms with van der Waals surface area (Å²) in [6.07, 6.45) is -0.511. The minimum absolute atomic E-state index is 0.0721. The van der Waals surface area contributed by atoms with Gasteiger partial charge in [-0.25, -0.2) is 4.98 Å². The first-order valence-corrected chi connectivity index (χ1v) is 9.51. The van der Waals surface area contributed by atoms with Crippen molar-refractivity contribution in [3.05, 3.63) is 54.1 Å². The summed E-state index contributed by atoms with van der Waals surface area (Å²) in [5.74, 6) is 0.437. The zero-order valence-electron chi connectivity index (χ0n) is 16.9. The first-order valence-electron chi connectivity index (χ1n) is 9.51. The highest BCUT2D eigenvalue weighted by molar-refractivity contribution is 5.92. The van der Waals surface area contributed by atoms with E-state index in [1.807, 2.05) is 53.1 Å². The summed E-state index contributed by atoms with van der Waals surface area (Å²) in [6, 6.07) is 15.6. The quantitative estimate of drug-likeness (QED) is 0.608. The number of rotatable bonds is 6. The lowest BCUT2D eigenvalue weighted by Gasteiger charge is -2.19. The highest BCUT2D eigenvalue weighted by atomic mass is 16.3. The van der Waals surface area contributed by atoms with Gasteiger partial charge >= 0.3 is 0 Å². The van der Waals surface area contributed by atoms with Crippen molar-refractivity contribution in [2.24, 2.45) is 0 Å². The third-order valence-electron chi connectivity index (χ3n) is 4.55. The third-order valence-corrected chi connectivity index (χ3v) is 4.55. The van der Waals surface area contributed by atoms with Crippen LogP contribution in [0.25, 0.3) is 11.0 Å². The van der Waals surface area contributed by atoms with E-state index >= 15 is 0 Å². The molecule has 6 nitrogen and oxygen atoms in total. The second-order valence-electron chi connectivity index (χ2n) is 8.12. The van der Waals surface area contributed by atoms with Crippen molar-refractivity contribution in [2.75, 3.05) is 17.2 Å². The molecule has 0 radical (unpaired) electrons. The molecular weight excluding hydrogens is 352 g/mol. The Balaban J connectivity index is 1.77. The average molecular weight is 380 g/mol. The molecule has 1 unspecified atom stereocenters. The van der Waals surface area contributed by atoms with E-state index in [-0.39, 0.29) is 17.9 Å². The Hall–Kier alpha value is -2.86. The number of benzene rings is 2. The Bertz CT molecular complexity index is 953. The van der Waals surface area contributed by atoms with Crippen molar-refractivity contribution in [1.82, 2.24) is 9.55 Å². The summed E-state index contributed by atoms with van der Waals surface area (Å²) >= 11 is 0. The van der Waals surface area contributed by atoms with Crippen LogP contribution in [0.15, 0.2) is 48.5 Å². The van der Waals surface area contributed by atoms with Gasteiger partial charge < -0.3 is 20.3 Å². The topological polar surface area (TPSA) is 79.2 Å². The number of anilines is 2. The van der Waals surface area contributed by atoms with E-state index in [1.165, 1.54) is 5.56 Å². The Labute approximate surface area is 165 Å². The van der Waals surface area contributed by atoms with Crippen molar-refractivity contribution in [2.45, 2.75) is 45.8 Å². The number of carbonyl (C=O) groups is 1. The third kappa shape index (κ3) is 4.70. The molecule has 148 valence electrons. The number of aliphatic hydroxyl groups excluding tert-OH is 1. The number of fused-ring (bicyclic) bond motifs is 1. The largest absolute Gasteiger partial charge is 0.392 e. The summed E-state index contributed by atoms with van der Waals surface area (Å²) in [6.45, 7) is 8.67. The van der Waals surface area contributed by atoms with Gasteiger partial charge in [0.05, 0.1) is 17.1 Å². The van der Waals surface area contributed by atoms with Gasteiger partial charge in [-0.15, -0.1) is 0 Å². The first kappa shape index (κ1) is 19.9. The normalized spacial score (nSPS) is 12.8. The summed E-state index contributed by atoms with van der Waals surface area (Å²) in [4.78, 5) is 17.2. The number of aliphatic hydroxyl groups is 1. The molecule has 3 aromatic rings. The smallest absolute Gasteiger partial charge is 0.244 e. The summed E-state index contributed by atoms with van der Waals surface area (Å²) in [7, 11) is 0. The standard InChI is InChI=1S/C22H28N4O2/c1-15(27)13-23-21-25-18-7-5-6-8-19(18)26(21)14-20(28)24-17-11-9-16(10-12-17)22(2,3)4/h5-12,15,27H,13-14H2,1-4H3,(H,23,25)(H,24,28). The van der Waals surface area contributed by atoms with Gasteiger partial charge in [0.15, 0.2) is 0 Å². The van der Waals surface area contributed by atoms with Gasteiger partial charge in [0.1, 0.15) is 6.54 Å². The van der Waals surface area contributed by atoms with Crippen LogP contribution in [0.4, 0.5) is 11.6 Å². The molecule has 28 heavy (non-hydrogen) atoms. The number of hydrogen-bond donors (Lipinski definition) is 3. The predicted molar refractivity (Wildman–Crippen MR) is 114 cm³/mol. The number of aromatic nitrogens is 2. The van der Waals surface area contributed by atoms with Crippen LogP contribution in [-0.4, -0.2) is 33.2 Å². The van der Waals surface area contributed by atoms with Crippen LogP contribution >= 0.6 is 0 Å². The highest BCUT2D eigenvalue weighted by Crippen LogP contribution is 2.24. The molecular formula is C22H28N4O2. The second kappa shape index (κ2) is 8.02. The molecule has 3 rings (SSSR count). The van der Waals surface area contributed by atoms with Crippen molar-refractivity contribution < 1.29 is 9.90 Å². The molecule has 1 amide bonds. The fourth-order valence-corrected chi connectivity index (χ4v) is 3.01.